The minimum absolute atomic E-state index is 0.0132. The van der Waals surface area contributed by atoms with E-state index in [1.54, 1.807) is 48.3 Å². The van der Waals surface area contributed by atoms with Gasteiger partial charge in [-0.3, -0.25) is 14.2 Å². The number of fused-ring (bicyclic) bond motifs is 1. The van der Waals surface area contributed by atoms with E-state index < -0.39 is 11.4 Å². The van der Waals surface area contributed by atoms with E-state index in [1.807, 2.05) is 13.1 Å². The number of nitrogens with one attached hydrogen (secondary N) is 1. The fraction of sp³-hybridized carbons (Fsp3) is 0.222. The van der Waals surface area contributed by atoms with Crippen molar-refractivity contribution < 1.29 is 4.39 Å². The van der Waals surface area contributed by atoms with Gasteiger partial charge >= 0.3 is 11.4 Å². The van der Waals surface area contributed by atoms with Crippen LogP contribution in [0.4, 0.5) is 16.0 Å². The first-order chi connectivity index (χ1) is 18.3. The van der Waals surface area contributed by atoms with Gasteiger partial charge in [0.25, 0.3) is 0 Å². The van der Waals surface area contributed by atoms with Crippen molar-refractivity contribution in [3.63, 3.8) is 0 Å². The molecule has 0 aliphatic heterocycles. The van der Waals surface area contributed by atoms with Gasteiger partial charge in [0, 0.05) is 24.8 Å². The second-order valence-electron chi connectivity index (χ2n) is 9.59. The lowest BCUT2D eigenvalue weighted by atomic mass is 10.1. The Balaban J connectivity index is 1.50. The minimum atomic E-state index is -0.766. The highest BCUT2D eigenvalue weighted by atomic mass is 35.5. The van der Waals surface area contributed by atoms with E-state index in [-0.39, 0.29) is 24.2 Å². The van der Waals surface area contributed by atoms with Crippen molar-refractivity contribution in [2.24, 2.45) is 7.05 Å². The summed E-state index contributed by atoms with van der Waals surface area (Å²) in [4.78, 5) is 35.3. The van der Waals surface area contributed by atoms with Crippen LogP contribution in [0, 0.1) is 12.7 Å². The molecule has 0 saturated heterocycles. The lowest BCUT2D eigenvalue weighted by Crippen LogP contribution is -2.41. The molecule has 1 N–H and O–H groups in total. The van der Waals surface area contributed by atoms with Gasteiger partial charge in [-0.2, -0.15) is 10.1 Å². The topological polar surface area (TPSA) is 99.6 Å². The second-order valence-corrected chi connectivity index (χ2v) is 10.00. The Hall–Kier alpha value is -4.31. The van der Waals surface area contributed by atoms with Crippen molar-refractivity contribution >= 4 is 34.1 Å². The van der Waals surface area contributed by atoms with Crippen LogP contribution in [-0.4, -0.2) is 28.9 Å². The predicted octanol–water partition coefficient (Wildman–Crippen LogP) is 4.45. The van der Waals surface area contributed by atoms with Crippen LogP contribution >= 0.6 is 11.6 Å². The number of anilines is 2. The Kier molecular flexibility index (Phi) is 5.83. The van der Waals surface area contributed by atoms with Crippen molar-refractivity contribution in [2.75, 3.05) is 5.32 Å². The number of pyridine rings is 1. The molecule has 3 heterocycles. The number of benzene rings is 2. The maximum atomic E-state index is 14.4. The Bertz CT molecular complexity index is 1840. The summed E-state index contributed by atoms with van der Waals surface area (Å²) in [6.07, 6.45) is 6.78. The first-order valence-electron chi connectivity index (χ1n) is 12.1. The smallest absolute Gasteiger partial charge is 0.324 e. The molecule has 0 radical (unpaired) electrons. The summed E-state index contributed by atoms with van der Waals surface area (Å²) >= 11 is 6.52. The van der Waals surface area contributed by atoms with Gasteiger partial charge in [-0.15, -0.1) is 0 Å². The molecule has 1 aliphatic carbocycles. The fourth-order valence-corrected chi connectivity index (χ4v) is 4.79. The van der Waals surface area contributed by atoms with Gasteiger partial charge in [0.15, 0.2) is 0 Å². The largest absolute Gasteiger partial charge is 0.359 e. The van der Waals surface area contributed by atoms with Gasteiger partial charge in [0.1, 0.15) is 5.82 Å². The van der Waals surface area contributed by atoms with Gasteiger partial charge in [-0.05, 0) is 66.6 Å². The molecule has 2 aromatic carbocycles. The predicted molar refractivity (Wildman–Crippen MR) is 143 cm³/mol. The molecule has 192 valence electrons. The third kappa shape index (κ3) is 4.47. The van der Waals surface area contributed by atoms with Crippen LogP contribution in [0.25, 0.3) is 16.6 Å². The molecular formula is C27H23ClFN7O2. The molecule has 9 nitrogen and oxygen atoms in total. The van der Waals surface area contributed by atoms with E-state index in [1.165, 1.54) is 16.8 Å². The quantitative estimate of drug-likeness (QED) is 0.347. The summed E-state index contributed by atoms with van der Waals surface area (Å²) < 4.78 is 18.4. The van der Waals surface area contributed by atoms with Gasteiger partial charge in [0.05, 0.1) is 34.7 Å². The highest BCUT2D eigenvalue weighted by Crippen LogP contribution is 2.41. The zero-order valence-electron chi connectivity index (χ0n) is 20.7. The van der Waals surface area contributed by atoms with Crippen molar-refractivity contribution in [3.8, 4) is 5.69 Å². The number of aryl methyl sites for hydroxylation is 2. The molecule has 38 heavy (non-hydrogen) atoms. The van der Waals surface area contributed by atoms with Crippen LogP contribution in [0.2, 0.25) is 5.02 Å². The van der Waals surface area contributed by atoms with E-state index in [2.05, 4.69) is 20.4 Å². The molecule has 11 heteroatoms. The van der Waals surface area contributed by atoms with E-state index in [9.17, 15) is 14.0 Å². The lowest BCUT2D eigenvalue weighted by Gasteiger charge is -2.17. The Morgan fingerprint density at radius 2 is 1.95 bits per heavy atom. The normalized spacial score (nSPS) is 13.3. The van der Waals surface area contributed by atoms with Gasteiger partial charge < -0.3 is 5.32 Å². The third-order valence-electron chi connectivity index (χ3n) is 6.56. The zero-order valence-corrected chi connectivity index (χ0v) is 21.4. The van der Waals surface area contributed by atoms with Crippen molar-refractivity contribution in [3.05, 3.63) is 103 Å². The zero-order chi connectivity index (χ0) is 26.6. The van der Waals surface area contributed by atoms with Crippen LogP contribution in [-0.2, 0) is 13.6 Å². The first kappa shape index (κ1) is 24.1. The number of aromatic nitrogens is 6. The van der Waals surface area contributed by atoms with Gasteiger partial charge in [0.2, 0.25) is 5.95 Å². The molecule has 3 aromatic heterocycles. The molecule has 1 aliphatic rings. The van der Waals surface area contributed by atoms with Crippen molar-refractivity contribution in [2.45, 2.75) is 32.2 Å². The maximum Gasteiger partial charge on any atom is 0.359 e. The summed E-state index contributed by atoms with van der Waals surface area (Å²) in [5.41, 5.74) is 2.22. The Morgan fingerprint density at radius 3 is 2.71 bits per heavy atom. The average molecular weight is 532 g/mol. The van der Waals surface area contributed by atoms with E-state index in [0.29, 0.717) is 33.0 Å². The van der Waals surface area contributed by atoms with Crippen molar-refractivity contribution in [1.82, 2.24) is 28.9 Å². The van der Waals surface area contributed by atoms with E-state index in [0.717, 1.165) is 28.4 Å². The molecular weight excluding hydrogens is 509 g/mol. The monoisotopic (exact) mass is 531 g/mol. The molecule has 1 fully saturated rings. The maximum absolute atomic E-state index is 14.4. The molecule has 5 aromatic rings. The Labute approximate surface area is 221 Å². The van der Waals surface area contributed by atoms with E-state index in [4.69, 9.17) is 11.6 Å². The Morgan fingerprint density at radius 1 is 1.13 bits per heavy atom. The summed E-state index contributed by atoms with van der Waals surface area (Å²) in [5, 5.41) is 8.60. The molecule has 0 amide bonds. The molecule has 0 spiro atoms. The average Bonchev–Trinajstić information content (AvgIpc) is 3.64. The SMILES string of the molecule is Cc1cncc(-n2c(=O)nc(Nc3cc4cn(C)nc4cc3Cl)n(Cc3ccc(F)c(C4CC4)c3)c2=O)c1. The fourth-order valence-electron chi connectivity index (χ4n) is 4.58. The van der Waals surface area contributed by atoms with Crippen LogP contribution in [0.3, 0.4) is 0 Å². The number of rotatable bonds is 6. The molecule has 1 saturated carbocycles. The second kappa shape index (κ2) is 9.21. The van der Waals surface area contributed by atoms with E-state index >= 15 is 0 Å². The molecule has 0 bridgehead atoms. The highest BCUT2D eigenvalue weighted by Gasteiger charge is 2.27. The highest BCUT2D eigenvalue weighted by molar-refractivity contribution is 6.34. The minimum Gasteiger partial charge on any atom is -0.324 e. The van der Waals surface area contributed by atoms with Crippen LogP contribution < -0.4 is 16.7 Å². The number of halogens is 2. The van der Waals surface area contributed by atoms with Crippen molar-refractivity contribution in [1.29, 1.82) is 0 Å². The number of hydrogen-bond acceptors (Lipinski definition) is 6. The third-order valence-corrected chi connectivity index (χ3v) is 6.87. The summed E-state index contributed by atoms with van der Waals surface area (Å²) in [5.74, 6) is -0.0496. The molecule has 0 unspecified atom stereocenters. The first-order valence-corrected chi connectivity index (χ1v) is 12.5. The summed E-state index contributed by atoms with van der Waals surface area (Å²) in [6, 6.07) is 9.99. The van der Waals surface area contributed by atoms with Crippen LogP contribution in [0.15, 0.2) is 64.6 Å². The summed E-state index contributed by atoms with van der Waals surface area (Å²) in [6.45, 7) is 1.87. The molecule has 6 rings (SSSR count). The number of hydrogen-bond donors (Lipinski definition) is 1. The molecule has 0 atom stereocenters. The van der Waals surface area contributed by atoms with Gasteiger partial charge in [-0.1, -0.05) is 23.7 Å². The van der Waals surface area contributed by atoms with Crippen LogP contribution in [0.1, 0.15) is 35.4 Å². The summed E-state index contributed by atoms with van der Waals surface area (Å²) in [7, 11) is 1.80. The van der Waals surface area contributed by atoms with Crippen LogP contribution in [0.5, 0.6) is 0 Å². The lowest BCUT2D eigenvalue weighted by molar-refractivity contribution is 0.607. The number of nitrogens with zero attached hydrogens (tertiary/aromatic N) is 6. The standard InChI is InChI=1S/C27H23ClFN7O2/c1-15-7-19(12-30-11-15)36-26(37)32-25(31-24-9-18-14-34(2)33-23(18)10-21(24)28)35(27(36)38)13-16-3-6-22(29)20(8-16)17-4-5-17/h3,6-12,14,17H,4-5,13H2,1-2H3,(H,31,32,37). The van der Waals surface area contributed by atoms with Gasteiger partial charge in [-0.25, -0.2) is 18.5 Å².